The fourth-order valence-electron chi connectivity index (χ4n) is 2.32. The van der Waals surface area contributed by atoms with Gasteiger partial charge in [-0.15, -0.1) is 0 Å². The number of ether oxygens (including phenoxy) is 4. The van der Waals surface area contributed by atoms with Gasteiger partial charge >= 0.3 is 12.0 Å². The molecular formula is C18H21N3O6. The Bertz CT molecular complexity index is 816. The van der Waals surface area contributed by atoms with Gasteiger partial charge in [0.2, 0.25) is 11.8 Å². The molecule has 0 aliphatic carbocycles. The Morgan fingerprint density at radius 2 is 1.74 bits per heavy atom. The molecule has 0 amide bonds. The summed E-state index contributed by atoms with van der Waals surface area (Å²) in [6, 6.07) is 6.51. The van der Waals surface area contributed by atoms with E-state index < -0.39 is 5.97 Å². The van der Waals surface area contributed by atoms with E-state index in [9.17, 15) is 4.79 Å². The maximum atomic E-state index is 12.4. The average Bonchev–Trinajstić information content (AvgIpc) is 2.70. The Labute approximate surface area is 156 Å². The van der Waals surface area contributed by atoms with Gasteiger partial charge in [0.05, 0.1) is 33.1 Å². The molecule has 9 heteroatoms. The van der Waals surface area contributed by atoms with Crippen molar-refractivity contribution in [3.8, 4) is 23.5 Å². The molecule has 0 fully saturated rings. The van der Waals surface area contributed by atoms with Crippen molar-refractivity contribution >= 4 is 11.7 Å². The monoisotopic (exact) mass is 375 g/mol. The van der Waals surface area contributed by atoms with E-state index >= 15 is 0 Å². The number of benzene rings is 1. The molecule has 0 aliphatic rings. The van der Waals surface area contributed by atoms with Gasteiger partial charge in [0.25, 0.3) is 0 Å². The van der Waals surface area contributed by atoms with Crippen LogP contribution in [-0.2, 0) is 9.57 Å². The van der Waals surface area contributed by atoms with Crippen molar-refractivity contribution < 1.29 is 28.6 Å². The summed E-state index contributed by atoms with van der Waals surface area (Å²) in [4.78, 5) is 25.5. The topological polar surface area (TPSA) is 101 Å². The molecule has 0 unspecified atom stereocenters. The van der Waals surface area contributed by atoms with Gasteiger partial charge in [-0.25, -0.2) is 4.79 Å². The smallest absolute Gasteiger partial charge is 0.342 e. The van der Waals surface area contributed by atoms with Gasteiger partial charge < -0.3 is 23.8 Å². The van der Waals surface area contributed by atoms with Gasteiger partial charge in [0.15, 0.2) is 0 Å². The maximum absolute atomic E-state index is 12.4. The molecule has 0 spiro atoms. The Morgan fingerprint density at radius 1 is 1.07 bits per heavy atom. The third kappa shape index (κ3) is 4.63. The fraction of sp³-hybridized carbons (Fsp3) is 0.333. The number of rotatable bonds is 8. The van der Waals surface area contributed by atoms with E-state index in [4.69, 9.17) is 23.8 Å². The minimum Gasteiger partial charge on any atom is -0.481 e. The highest BCUT2D eigenvalue weighted by Crippen LogP contribution is 2.30. The average molecular weight is 375 g/mol. The summed E-state index contributed by atoms with van der Waals surface area (Å²) in [5, 5.41) is 3.98. The van der Waals surface area contributed by atoms with E-state index in [-0.39, 0.29) is 29.1 Å². The molecule has 0 N–H and O–H groups in total. The normalized spacial score (nSPS) is 10.9. The first-order valence-corrected chi connectivity index (χ1v) is 8.04. The first kappa shape index (κ1) is 20.0. The number of hydrogen-bond donors (Lipinski definition) is 0. The Kier molecular flexibility index (Phi) is 6.93. The number of nitrogens with zero attached hydrogens (tertiary/aromatic N) is 3. The van der Waals surface area contributed by atoms with Crippen LogP contribution in [0.5, 0.6) is 23.5 Å². The molecule has 0 saturated heterocycles. The van der Waals surface area contributed by atoms with E-state index in [2.05, 4.69) is 15.1 Å². The second-order valence-corrected chi connectivity index (χ2v) is 5.08. The number of hydrogen-bond acceptors (Lipinski definition) is 9. The van der Waals surface area contributed by atoms with Crippen LogP contribution in [0, 0.1) is 0 Å². The molecule has 1 heterocycles. The number of carbonyl (C=O) groups is 1. The largest absolute Gasteiger partial charge is 0.481 e. The number of esters is 1. The van der Waals surface area contributed by atoms with Gasteiger partial charge in [-0.3, -0.25) is 0 Å². The molecule has 0 bridgehead atoms. The summed E-state index contributed by atoms with van der Waals surface area (Å²) in [6.07, 6.45) is 0.533. The molecule has 2 aromatic rings. The number of methoxy groups -OCH3 is 3. The lowest BCUT2D eigenvalue weighted by atomic mass is 10.0. The zero-order chi connectivity index (χ0) is 19.8. The second-order valence-electron chi connectivity index (χ2n) is 5.08. The molecule has 9 nitrogen and oxygen atoms in total. The van der Waals surface area contributed by atoms with Crippen molar-refractivity contribution in [1.82, 2.24) is 9.97 Å². The zero-order valence-electron chi connectivity index (χ0n) is 15.8. The lowest BCUT2D eigenvalue weighted by molar-refractivity contribution is 0.0597. The minimum atomic E-state index is -0.590. The molecule has 144 valence electrons. The lowest BCUT2D eigenvalue weighted by Gasteiger charge is -2.14. The molecular weight excluding hydrogens is 354 g/mol. The first-order valence-electron chi connectivity index (χ1n) is 8.04. The maximum Gasteiger partial charge on any atom is 0.342 e. The van der Waals surface area contributed by atoms with Crippen LogP contribution in [0.1, 0.15) is 29.3 Å². The van der Waals surface area contributed by atoms with Crippen LogP contribution >= 0.6 is 0 Å². The molecule has 27 heavy (non-hydrogen) atoms. The van der Waals surface area contributed by atoms with Crippen molar-refractivity contribution in [2.75, 3.05) is 28.4 Å². The van der Waals surface area contributed by atoms with Crippen molar-refractivity contribution in [2.45, 2.75) is 13.3 Å². The van der Waals surface area contributed by atoms with Gasteiger partial charge in [-0.2, -0.15) is 9.97 Å². The Balaban J connectivity index is 2.57. The quantitative estimate of drug-likeness (QED) is 0.394. The molecule has 0 aliphatic heterocycles. The van der Waals surface area contributed by atoms with Gasteiger partial charge in [-0.05, 0) is 12.5 Å². The molecule has 0 saturated carbocycles. The van der Waals surface area contributed by atoms with E-state index in [0.29, 0.717) is 17.7 Å². The SMILES string of the molecule is CCC(=NOC)c1cccc(Oc2nc(OC)cc(OC)n2)c1C(=O)OC. The van der Waals surface area contributed by atoms with Crippen LogP contribution in [0.3, 0.4) is 0 Å². The first-order chi connectivity index (χ1) is 13.1. The predicted molar refractivity (Wildman–Crippen MR) is 96.8 cm³/mol. The highest BCUT2D eigenvalue weighted by atomic mass is 16.6. The van der Waals surface area contributed by atoms with E-state index in [1.54, 1.807) is 18.2 Å². The molecule has 2 rings (SSSR count). The number of aromatic nitrogens is 2. The minimum absolute atomic E-state index is 0.0461. The third-order valence-corrected chi connectivity index (χ3v) is 3.54. The third-order valence-electron chi connectivity index (χ3n) is 3.54. The number of oxime groups is 1. The van der Waals surface area contributed by atoms with Gasteiger partial charge in [0, 0.05) is 5.56 Å². The van der Waals surface area contributed by atoms with Crippen LogP contribution in [0.2, 0.25) is 0 Å². The summed E-state index contributed by atoms with van der Waals surface area (Å²) >= 11 is 0. The van der Waals surface area contributed by atoms with Crippen molar-refractivity contribution in [1.29, 1.82) is 0 Å². The van der Waals surface area contributed by atoms with Crippen molar-refractivity contribution in [2.24, 2.45) is 5.16 Å². The molecule has 0 atom stereocenters. The molecule has 0 radical (unpaired) electrons. The highest BCUT2D eigenvalue weighted by Gasteiger charge is 2.22. The van der Waals surface area contributed by atoms with Crippen LogP contribution in [-0.4, -0.2) is 50.1 Å². The Morgan fingerprint density at radius 3 is 2.26 bits per heavy atom. The zero-order valence-corrected chi connectivity index (χ0v) is 15.8. The number of carbonyl (C=O) groups excluding carboxylic acids is 1. The van der Waals surface area contributed by atoms with Crippen LogP contribution in [0.25, 0.3) is 0 Å². The van der Waals surface area contributed by atoms with Gasteiger partial charge in [-0.1, -0.05) is 24.2 Å². The van der Waals surface area contributed by atoms with Crippen LogP contribution in [0.4, 0.5) is 0 Å². The second kappa shape index (κ2) is 9.37. The lowest BCUT2D eigenvalue weighted by Crippen LogP contribution is -2.13. The molecule has 1 aromatic carbocycles. The fourth-order valence-corrected chi connectivity index (χ4v) is 2.32. The molecule has 1 aromatic heterocycles. The van der Waals surface area contributed by atoms with Gasteiger partial charge in [0.1, 0.15) is 18.4 Å². The van der Waals surface area contributed by atoms with Crippen LogP contribution < -0.4 is 14.2 Å². The van der Waals surface area contributed by atoms with E-state index in [0.717, 1.165) is 0 Å². The summed E-state index contributed by atoms with van der Waals surface area (Å²) in [5.74, 6) is 0.116. The summed E-state index contributed by atoms with van der Waals surface area (Å²) in [7, 11) is 5.64. The van der Waals surface area contributed by atoms with E-state index in [1.165, 1.54) is 34.5 Å². The standard InChI is InChI=1S/C18H21N3O6/c1-6-12(21-26-5)11-8-7-9-13(16(11)17(22)25-4)27-18-19-14(23-2)10-15(20-18)24-3/h7-10H,6H2,1-5H3. The highest BCUT2D eigenvalue weighted by molar-refractivity contribution is 6.10. The summed E-state index contributed by atoms with van der Waals surface area (Å²) < 4.78 is 20.9. The van der Waals surface area contributed by atoms with Crippen molar-refractivity contribution in [3.05, 3.63) is 35.4 Å². The summed E-state index contributed by atoms with van der Waals surface area (Å²) in [6.45, 7) is 1.89. The van der Waals surface area contributed by atoms with Crippen LogP contribution in [0.15, 0.2) is 29.4 Å². The van der Waals surface area contributed by atoms with E-state index in [1.807, 2.05) is 6.92 Å². The Hall–Kier alpha value is -3.36. The summed E-state index contributed by atoms with van der Waals surface area (Å²) in [5.41, 5.74) is 1.27. The predicted octanol–water partition coefficient (Wildman–Crippen LogP) is 2.83. The van der Waals surface area contributed by atoms with Crippen molar-refractivity contribution in [3.63, 3.8) is 0 Å².